The van der Waals surface area contributed by atoms with Gasteiger partial charge in [-0.1, -0.05) is 36.8 Å². The van der Waals surface area contributed by atoms with Crippen molar-refractivity contribution in [1.82, 2.24) is 25.0 Å². The minimum atomic E-state index is -0.0755. The van der Waals surface area contributed by atoms with Gasteiger partial charge in [0.05, 0.1) is 22.3 Å². The van der Waals surface area contributed by atoms with Gasteiger partial charge in [0, 0.05) is 44.6 Å². The van der Waals surface area contributed by atoms with Crippen molar-refractivity contribution in [3.63, 3.8) is 0 Å². The molecule has 1 fully saturated rings. The highest BCUT2D eigenvalue weighted by Crippen LogP contribution is 2.23. The Hall–Kier alpha value is -2.29. The maximum Gasteiger partial charge on any atom is 0.282 e. The highest BCUT2D eigenvalue weighted by molar-refractivity contribution is 7.20. The first-order valence-corrected chi connectivity index (χ1v) is 10.7. The molecule has 148 valence electrons. The summed E-state index contributed by atoms with van der Waals surface area (Å²) in [4.78, 5) is 24.6. The lowest BCUT2D eigenvalue weighted by Gasteiger charge is -2.26. The standard InChI is InChI=1S/C20H26N6OS/c1-2-5-16-15(14-22-10-13-25-11-8-21-9-12-25)19(27)26(24-16)20-23-17-6-3-4-7-18(17)28-20/h3-4,6-7,14,21,24H,2,5,8-13H2,1H3. The lowest BCUT2D eigenvalue weighted by atomic mass is 10.2. The van der Waals surface area contributed by atoms with Gasteiger partial charge in [-0.15, -0.1) is 0 Å². The van der Waals surface area contributed by atoms with Crippen LogP contribution in [0.15, 0.2) is 34.1 Å². The van der Waals surface area contributed by atoms with Crippen molar-refractivity contribution in [2.75, 3.05) is 39.3 Å². The first kappa shape index (κ1) is 19.0. The summed E-state index contributed by atoms with van der Waals surface area (Å²) in [7, 11) is 0. The minimum Gasteiger partial charge on any atom is -0.314 e. The number of aryl methyl sites for hydroxylation is 1. The van der Waals surface area contributed by atoms with E-state index in [4.69, 9.17) is 0 Å². The second kappa shape index (κ2) is 8.81. The first-order chi connectivity index (χ1) is 13.8. The summed E-state index contributed by atoms with van der Waals surface area (Å²) < 4.78 is 2.63. The average Bonchev–Trinajstić information content (AvgIpc) is 3.28. The lowest BCUT2D eigenvalue weighted by molar-refractivity contribution is 0.248. The van der Waals surface area contributed by atoms with Gasteiger partial charge in [-0.2, -0.15) is 4.68 Å². The van der Waals surface area contributed by atoms with Crippen molar-refractivity contribution in [1.29, 1.82) is 0 Å². The third kappa shape index (κ3) is 4.09. The van der Waals surface area contributed by atoms with Gasteiger partial charge in [-0.05, 0) is 18.6 Å². The van der Waals surface area contributed by atoms with Gasteiger partial charge in [0.1, 0.15) is 0 Å². The number of hydrogen-bond donors (Lipinski definition) is 2. The molecule has 28 heavy (non-hydrogen) atoms. The molecular formula is C20H26N6OS. The molecule has 8 heteroatoms. The molecule has 0 bridgehead atoms. The monoisotopic (exact) mass is 398 g/mol. The van der Waals surface area contributed by atoms with E-state index in [9.17, 15) is 4.79 Å². The zero-order valence-corrected chi connectivity index (χ0v) is 17.0. The van der Waals surface area contributed by atoms with Crippen LogP contribution in [0.4, 0.5) is 0 Å². The van der Waals surface area contributed by atoms with E-state index in [1.54, 1.807) is 10.9 Å². The van der Waals surface area contributed by atoms with Gasteiger partial charge in [-0.3, -0.25) is 19.8 Å². The Morgan fingerprint density at radius 2 is 2.11 bits per heavy atom. The van der Waals surface area contributed by atoms with E-state index < -0.39 is 0 Å². The summed E-state index contributed by atoms with van der Waals surface area (Å²) >= 11 is 1.52. The van der Waals surface area contributed by atoms with E-state index in [0.717, 1.165) is 61.5 Å². The highest BCUT2D eigenvalue weighted by Gasteiger charge is 2.16. The quantitative estimate of drug-likeness (QED) is 0.597. The molecule has 0 saturated carbocycles. The van der Waals surface area contributed by atoms with Gasteiger partial charge >= 0.3 is 0 Å². The van der Waals surface area contributed by atoms with Crippen LogP contribution in [0.2, 0.25) is 0 Å². The number of rotatable bonds is 7. The Morgan fingerprint density at radius 1 is 1.29 bits per heavy atom. The van der Waals surface area contributed by atoms with Crippen molar-refractivity contribution >= 4 is 27.8 Å². The largest absolute Gasteiger partial charge is 0.314 e. The van der Waals surface area contributed by atoms with Crippen molar-refractivity contribution in [3.8, 4) is 5.13 Å². The van der Waals surface area contributed by atoms with Gasteiger partial charge in [-0.25, -0.2) is 4.98 Å². The molecule has 1 aromatic carbocycles. The third-order valence-electron chi connectivity index (χ3n) is 4.95. The summed E-state index contributed by atoms with van der Waals surface area (Å²) in [5.41, 5.74) is 2.42. The van der Waals surface area contributed by atoms with Crippen LogP contribution in [0.3, 0.4) is 0 Å². The molecule has 0 aliphatic carbocycles. The molecular weight excluding hydrogens is 372 g/mol. The van der Waals surface area contributed by atoms with E-state index in [1.165, 1.54) is 11.3 Å². The summed E-state index contributed by atoms with van der Waals surface area (Å²) in [5.74, 6) is 0. The van der Waals surface area contributed by atoms with E-state index in [1.807, 2.05) is 24.3 Å². The molecule has 7 nitrogen and oxygen atoms in total. The molecule has 3 aromatic rings. The minimum absolute atomic E-state index is 0.0755. The number of benzene rings is 1. The van der Waals surface area contributed by atoms with E-state index in [0.29, 0.717) is 17.2 Å². The number of hydrogen-bond acceptors (Lipinski definition) is 6. The summed E-state index contributed by atoms with van der Waals surface area (Å²) in [6.07, 6.45) is 3.52. The van der Waals surface area contributed by atoms with Crippen LogP contribution in [-0.4, -0.2) is 65.1 Å². The molecule has 0 spiro atoms. The van der Waals surface area contributed by atoms with Crippen LogP contribution in [0.5, 0.6) is 0 Å². The number of thiazole rings is 1. The Kier molecular flexibility index (Phi) is 5.99. The van der Waals surface area contributed by atoms with Crippen LogP contribution in [0.25, 0.3) is 15.3 Å². The lowest BCUT2D eigenvalue weighted by Crippen LogP contribution is -2.44. The second-order valence-corrected chi connectivity index (χ2v) is 7.99. The molecule has 0 radical (unpaired) electrons. The number of H-pyrrole nitrogens is 1. The van der Waals surface area contributed by atoms with Gasteiger partial charge < -0.3 is 5.32 Å². The molecule has 1 aliphatic heterocycles. The second-order valence-electron chi connectivity index (χ2n) is 6.99. The van der Waals surface area contributed by atoms with Crippen molar-refractivity contribution < 1.29 is 0 Å². The van der Waals surface area contributed by atoms with E-state index in [2.05, 4.69) is 32.2 Å². The molecule has 1 saturated heterocycles. The number of piperazine rings is 1. The number of fused-ring (bicyclic) bond motifs is 1. The van der Waals surface area contributed by atoms with Crippen LogP contribution in [-0.2, 0) is 6.42 Å². The highest BCUT2D eigenvalue weighted by atomic mass is 32.1. The zero-order valence-electron chi connectivity index (χ0n) is 16.1. The molecule has 3 heterocycles. The number of nitrogens with one attached hydrogen (secondary N) is 2. The number of aliphatic imine (C=N–C) groups is 1. The molecule has 1 aliphatic rings. The van der Waals surface area contributed by atoms with Crippen molar-refractivity contribution in [2.45, 2.75) is 19.8 Å². The maximum absolute atomic E-state index is 13.0. The fraction of sp³-hybridized carbons (Fsp3) is 0.450. The molecule has 2 aromatic heterocycles. The van der Waals surface area contributed by atoms with Crippen LogP contribution in [0.1, 0.15) is 24.6 Å². The van der Waals surface area contributed by atoms with Gasteiger partial charge in [0.25, 0.3) is 5.56 Å². The number of aromatic amines is 1. The van der Waals surface area contributed by atoms with Crippen molar-refractivity contribution in [3.05, 3.63) is 45.9 Å². The number of para-hydroxylation sites is 1. The van der Waals surface area contributed by atoms with Gasteiger partial charge in [0.2, 0.25) is 5.13 Å². The Labute approximate surface area is 168 Å². The topological polar surface area (TPSA) is 78.3 Å². The molecule has 0 atom stereocenters. The fourth-order valence-corrected chi connectivity index (χ4v) is 4.37. The predicted octanol–water partition coefficient (Wildman–Crippen LogP) is 2.05. The van der Waals surface area contributed by atoms with Gasteiger partial charge in [0.15, 0.2) is 0 Å². The van der Waals surface area contributed by atoms with E-state index in [-0.39, 0.29) is 5.56 Å². The van der Waals surface area contributed by atoms with Crippen molar-refractivity contribution in [2.24, 2.45) is 4.99 Å². The maximum atomic E-state index is 13.0. The molecule has 0 amide bonds. The Balaban J connectivity index is 1.56. The summed E-state index contributed by atoms with van der Waals surface area (Å²) in [6.45, 7) is 7.94. The number of nitrogens with zero attached hydrogens (tertiary/aromatic N) is 4. The molecule has 2 N–H and O–H groups in total. The predicted molar refractivity (Wildman–Crippen MR) is 115 cm³/mol. The SMILES string of the molecule is CCCc1[nH]n(-c2nc3ccccc3s2)c(=O)c1C=NCCN1CCNCC1. The summed E-state index contributed by atoms with van der Waals surface area (Å²) in [6, 6.07) is 7.94. The average molecular weight is 399 g/mol. The summed E-state index contributed by atoms with van der Waals surface area (Å²) in [5, 5.41) is 7.29. The zero-order chi connectivity index (χ0) is 19.3. The smallest absolute Gasteiger partial charge is 0.282 e. The molecule has 0 unspecified atom stereocenters. The van der Waals surface area contributed by atoms with Crippen LogP contribution in [0, 0.1) is 0 Å². The fourth-order valence-electron chi connectivity index (χ4n) is 3.45. The van der Waals surface area contributed by atoms with Crippen LogP contribution < -0.4 is 10.9 Å². The normalized spacial score (nSPS) is 15.8. The first-order valence-electron chi connectivity index (χ1n) is 9.89. The number of aromatic nitrogens is 3. The van der Waals surface area contributed by atoms with E-state index >= 15 is 0 Å². The van der Waals surface area contributed by atoms with Crippen LogP contribution >= 0.6 is 11.3 Å². The Bertz CT molecular complexity index is 978. The Morgan fingerprint density at radius 3 is 2.89 bits per heavy atom. The molecule has 4 rings (SSSR count). The third-order valence-corrected chi connectivity index (χ3v) is 5.98.